The molecule has 0 saturated carbocycles. The van der Waals surface area contributed by atoms with Gasteiger partial charge in [-0.2, -0.15) is 0 Å². The number of phenolic OH excluding ortho intramolecular Hbond substituents is 1. The number of pyridine rings is 1. The van der Waals surface area contributed by atoms with Gasteiger partial charge in [0.15, 0.2) is 0 Å². The largest absolute Gasteiger partial charge is 0.507 e. The molecular weight excluding hydrogens is 286 g/mol. The molecule has 0 spiro atoms. The van der Waals surface area contributed by atoms with Gasteiger partial charge in [-0.25, -0.2) is 0 Å². The summed E-state index contributed by atoms with van der Waals surface area (Å²) >= 11 is 0. The number of nitrogens with zero attached hydrogens (tertiary/aromatic N) is 1. The SMILES string of the molecule is Cc1c(C)c(-c2cc3ccccc3n(C)c2=O)c(C)c(C)c1O. The predicted molar refractivity (Wildman–Crippen MR) is 95.2 cm³/mol. The highest BCUT2D eigenvalue weighted by atomic mass is 16.3. The number of aryl methyl sites for hydroxylation is 1. The molecule has 0 unspecified atom stereocenters. The molecule has 1 aromatic heterocycles. The molecule has 0 atom stereocenters. The second-order valence-electron chi connectivity index (χ2n) is 6.20. The number of hydrogen-bond acceptors (Lipinski definition) is 2. The highest BCUT2D eigenvalue weighted by molar-refractivity contribution is 5.86. The van der Waals surface area contributed by atoms with Crippen molar-refractivity contribution < 1.29 is 5.11 Å². The third kappa shape index (κ3) is 2.15. The summed E-state index contributed by atoms with van der Waals surface area (Å²) in [6.45, 7) is 7.72. The van der Waals surface area contributed by atoms with Gasteiger partial charge >= 0.3 is 0 Å². The molecule has 1 heterocycles. The second kappa shape index (κ2) is 5.27. The van der Waals surface area contributed by atoms with Crippen molar-refractivity contribution in [2.45, 2.75) is 27.7 Å². The van der Waals surface area contributed by atoms with E-state index in [1.807, 2.05) is 58.0 Å². The summed E-state index contributed by atoms with van der Waals surface area (Å²) in [5, 5.41) is 11.3. The minimum Gasteiger partial charge on any atom is -0.507 e. The Hall–Kier alpha value is -2.55. The zero-order chi connectivity index (χ0) is 16.9. The molecule has 3 rings (SSSR count). The zero-order valence-electron chi connectivity index (χ0n) is 14.2. The van der Waals surface area contributed by atoms with Gasteiger partial charge in [0, 0.05) is 12.6 Å². The Labute approximate surface area is 135 Å². The first-order chi connectivity index (χ1) is 10.8. The van der Waals surface area contributed by atoms with Crippen LogP contribution in [0.2, 0.25) is 0 Å². The van der Waals surface area contributed by atoms with Gasteiger partial charge < -0.3 is 9.67 Å². The van der Waals surface area contributed by atoms with E-state index in [0.29, 0.717) is 11.3 Å². The molecule has 0 saturated heterocycles. The third-order valence-corrected chi connectivity index (χ3v) is 4.99. The molecule has 3 nitrogen and oxygen atoms in total. The average Bonchev–Trinajstić information content (AvgIpc) is 2.55. The lowest BCUT2D eigenvalue weighted by atomic mass is 9.89. The van der Waals surface area contributed by atoms with Crippen LogP contribution >= 0.6 is 0 Å². The fraction of sp³-hybridized carbons (Fsp3) is 0.250. The standard InChI is InChI=1S/C20H21NO2/c1-11-13(3)19(22)14(4)12(2)18(11)16-10-15-8-6-7-9-17(15)21(5)20(16)23/h6-10,22H,1-5H3. The molecule has 0 fully saturated rings. The van der Waals surface area contributed by atoms with Crippen LogP contribution in [-0.4, -0.2) is 9.67 Å². The minimum atomic E-state index is -0.0145. The van der Waals surface area contributed by atoms with E-state index in [2.05, 4.69) is 0 Å². The summed E-state index contributed by atoms with van der Waals surface area (Å²) in [5.74, 6) is 0.321. The predicted octanol–water partition coefficient (Wildman–Crippen LogP) is 4.14. The molecule has 0 aliphatic carbocycles. The van der Waals surface area contributed by atoms with Crippen LogP contribution in [-0.2, 0) is 7.05 Å². The van der Waals surface area contributed by atoms with Crippen molar-refractivity contribution in [3.63, 3.8) is 0 Å². The molecule has 0 aliphatic rings. The quantitative estimate of drug-likeness (QED) is 0.734. The number of rotatable bonds is 1. The van der Waals surface area contributed by atoms with Crippen LogP contribution in [0.25, 0.3) is 22.0 Å². The third-order valence-electron chi connectivity index (χ3n) is 4.99. The topological polar surface area (TPSA) is 42.2 Å². The maximum atomic E-state index is 12.9. The van der Waals surface area contributed by atoms with E-state index in [9.17, 15) is 9.90 Å². The molecule has 0 aliphatic heterocycles. The summed E-state index contributed by atoms with van der Waals surface area (Å²) in [4.78, 5) is 12.9. The van der Waals surface area contributed by atoms with E-state index >= 15 is 0 Å². The van der Waals surface area contributed by atoms with Crippen LogP contribution in [0.5, 0.6) is 5.75 Å². The number of benzene rings is 2. The maximum absolute atomic E-state index is 12.9. The van der Waals surface area contributed by atoms with E-state index < -0.39 is 0 Å². The van der Waals surface area contributed by atoms with Gasteiger partial charge in [-0.15, -0.1) is 0 Å². The number of aromatic hydroxyl groups is 1. The minimum absolute atomic E-state index is 0.0145. The number of phenols is 1. The van der Waals surface area contributed by atoms with Crippen LogP contribution in [0.1, 0.15) is 22.3 Å². The first-order valence-electron chi connectivity index (χ1n) is 7.73. The summed E-state index contributed by atoms with van der Waals surface area (Å²) < 4.78 is 1.70. The number of hydrogen-bond donors (Lipinski definition) is 1. The van der Waals surface area contributed by atoms with Gasteiger partial charge in [0.25, 0.3) is 5.56 Å². The lowest BCUT2D eigenvalue weighted by Crippen LogP contribution is -2.19. The highest BCUT2D eigenvalue weighted by Crippen LogP contribution is 2.36. The van der Waals surface area contributed by atoms with Crippen LogP contribution in [0.4, 0.5) is 0 Å². The van der Waals surface area contributed by atoms with E-state index in [1.165, 1.54) is 0 Å². The second-order valence-corrected chi connectivity index (χ2v) is 6.20. The van der Waals surface area contributed by atoms with Crippen molar-refractivity contribution in [3.05, 3.63) is 62.9 Å². The Balaban J connectivity index is 2.48. The van der Waals surface area contributed by atoms with Crippen LogP contribution in [0.15, 0.2) is 35.1 Å². The Morgan fingerprint density at radius 2 is 1.48 bits per heavy atom. The van der Waals surface area contributed by atoms with Crippen LogP contribution in [0, 0.1) is 27.7 Å². The maximum Gasteiger partial charge on any atom is 0.258 e. The summed E-state index contributed by atoms with van der Waals surface area (Å²) in [6, 6.07) is 9.84. The molecule has 0 radical (unpaired) electrons. The fourth-order valence-electron chi connectivity index (χ4n) is 3.30. The van der Waals surface area contributed by atoms with Gasteiger partial charge in [-0.3, -0.25) is 4.79 Å². The normalized spacial score (nSPS) is 11.2. The van der Waals surface area contributed by atoms with Crippen molar-refractivity contribution in [3.8, 4) is 16.9 Å². The molecule has 1 N–H and O–H groups in total. The zero-order valence-corrected chi connectivity index (χ0v) is 14.2. The molecule has 0 bridgehead atoms. The van der Waals surface area contributed by atoms with Gasteiger partial charge in [-0.1, -0.05) is 18.2 Å². The smallest absolute Gasteiger partial charge is 0.258 e. The molecule has 0 amide bonds. The first kappa shape index (κ1) is 15.3. The highest BCUT2D eigenvalue weighted by Gasteiger charge is 2.18. The molecule has 118 valence electrons. The summed E-state index contributed by atoms with van der Waals surface area (Å²) in [7, 11) is 1.80. The first-order valence-corrected chi connectivity index (χ1v) is 7.73. The van der Waals surface area contributed by atoms with Gasteiger partial charge in [0.1, 0.15) is 5.75 Å². The average molecular weight is 307 g/mol. The van der Waals surface area contributed by atoms with Crippen molar-refractivity contribution >= 4 is 10.9 Å². The Kier molecular flexibility index (Phi) is 3.52. The van der Waals surface area contributed by atoms with Crippen LogP contribution < -0.4 is 5.56 Å². The lowest BCUT2D eigenvalue weighted by molar-refractivity contribution is 0.466. The monoisotopic (exact) mass is 307 g/mol. The Morgan fingerprint density at radius 3 is 2.09 bits per heavy atom. The van der Waals surface area contributed by atoms with Crippen molar-refractivity contribution in [2.75, 3.05) is 0 Å². The van der Waals surface area contributed by atoms with E-state index in [1.54, 1.807) is 11.6 Å². The van der Waals surface area contributed by atoms with Gasteiger partial charge in [0.05, 0.1) is 5.52 Å². The summed E-state index contributed by atoms with van der Waals surface area (Å²) in [6.07, 6.45) is 0. The summed E-state index contributed by atoms with van der Waals surface area (Å²) in [5.41, 5.74) is 6.10. The molecule has 23 heavy (non-hydrogen) atoms. The van der Waals surface area contributed by atoms with E-state index in [0.717, 1.165) is 38.7 Å². The van der Waals surface area contributed by atoms with Crippen molar-refractivity contribution in [1.29, 1.82) is 0 Å². The van der Waals surface area contributed by atoms with Gasteiger partial charge in [0.2, 0.25) is 0 Å². The van der Waals surface area contributed by atoms with Crippen LogP contribution in [0.3, 0.4) is 0 Å². The van der Waals surface area contributed by atoms with E-state index in [-0.39, 0.29) is 5.56 Å². The van der Waals surface area contributed by atoms with Gasteiger partial charge in [-0.05, 0) is 73.0 Å². The molecule has 3 heteroatoms. The van der Waals surface area contributed by atoms with Crippen molar-refractivity contribution in [2.24, 2.45) is 7.05 Å². The van der Waals surface area contributed by atoms with Crippen molar-refractivity contribution in [1.82, 2.24) is 4.57 Å². The number of aromatic nitrogens is 1. The molecular formula is C20H21NO2. The Morgan fingerprint density at radius 1 is 0.913 bits per heavy atom. The number of fused-ring (bicyclic) bond motifs is 1. The van der Waals surface area contributed by atoms with E-state index in [4.69, 9.17) is 0 Å². The fourth-order valence-corrected chi connectivity index (χ4v) is 3.30. The Bertz CT molecular complexity index is 968. The molecule has 3 aromatic rings. The number of para-hydroxylation sites is 1. The molecule has 2 aromatic carbocycles. The lowest BCUT2D eigenvalue weighted by Gasteiger charge is -2.18.